The van der Waals surface area contributed by atoms with Crippen molar-refractivity contribution in [3.63, 3.8) is 0 Å². The van der Waals surface area contributed by atoms with E-state index < -0.39 is 16.4 Å². The van der Waals surface area contributed by atoms with Crippen LogP contribution < -0.4 is 10.6 Å². The molecule has 3 rings (SSSR count). The van der Waals surface area contributed by atoms with Gasteiger partial charge in [0.1, 0.15) is 17.3 Å². The highest BCUT2D eigenvalue weighted by Gasteiger charge is 2.17. The summed E-state index contributed by atoms with van der Waals surface area (Å²) in [7, 11) is 0. The van der Waals surface area contributed by atoms with Crippen LogP contribution in [0.4, 0.5) is 27.5 Å². The number of nitrogens with zero attached hydrogens (tertiary/aromatic N) is 4. The third-order valence-corrected chi connectivity index (χ3v) is 3.72. The summed E-state index contributed by atoms with van der Waals surface area (Å²) < 4.78 is 13.4. The van der Waals surface area contributed by atoms with Gasteiger partial charge in [0.15, 0.2) is 0 Å². The number of nitrogens with one attached hydrogen (secondary N) is 2. The van der Waals surface area contributed by atoms with Crippen molar-refractivity contribution in [1.29, 1.82) is 0 Å². The first-order valence-electron chi connectivity index (χ1n) is 8.35. The monoisotopic (exact) mass is 384 g/mol. The number of pyridine rings is 1. The van der Waals surface area contributed by atoms with Gasteiger partial charge in [-0.2, -0.15) is 4.98 Å². The van der Waals surface area contributed by atoms with Gasteiger partial charge in [0.05, 0.1) is 29.0 Å². The number of aliphatic hydroxyl groups is 1. The summed E-state index contributed by atoms with van der Waals surface area (Å²) in [6.45, 7) is 1.61. The van der Waals surface area contributed by atoms with Crippen LogP contribution in [-0.2, 0) is 0 Å². The highest BCUT2D eigenvalue weighted by molar-refractivity contribution is 5.70. The van der Waals surface area contributed by atoms with Gasteiger partial charge in [0.2, 0.25) is 5.95 Å². The molecule has 0 unspecified atom stereocenters. The number of benzene rings is 1. The number of anilines is 3. The van der Waals surface area contributed by atoms with Crippen LogP contribution in [0.3, 0.4) is 0 Å². The molecule has 144 valence electrons. The van der Waals surface area contributed by atoms with E-state index in [9.17, 15) is 19.6 Å². The maximum Gasteiger partial charge on any atom is 0.295 e. The summed E-state index contributed by atoms with van der Waals surface area (Å²) in [4.78, 5) is 23.4. The Kier molecular flexibility index (Phi) is 5.70. The fraction of sp³-hybridized carbons (Fsp3) is 0.167. The minimum Gasteiger partial charge on any atom is -0.394 e. The lowest BCUT2D eigenvalue weighted by molar-refractivity contribution is -0.384. The van der Waals surface area contributed by atoms with Gasteiger partial charge in [-0.1, -0.05) is 6.07 Å². The van der Waals surface area contributed by atoms with Gasteiger partial charge in [-0.3, -0.25) is 15.1 Å². The Balaban J connectivity index is 2.03. The molecule has 1 aromatic carbocycles. The highest BCUT2D eigenvalue weighted by Crippen LogP contribution is 2.29. The van der Waals surface area contributed by atoms with Crippen LogP contribution in [-0.4, -0.2) is 37.6 Å². The number of nitro groups is 1. The molecule has 0 fully saturated rings. The Morgan fingerprint density at radius 1 is 1.21 bits per heavy atom. The molecule has 10 heteroatoms. The van der Waals surface area contributed by atoms with E-state index in [0.717, 1.165) is 12.1 Å². The third kappa shape index (κ3) is 4.54. The zero-order chi connectivity index (χ0) is 20.1. The van der Waals surface area contributed by atoms with Crippen molar-refractivity contribution in [2.24, 2.45) is 0 Å². The number of hydrogen-bond acceptors (Lipinski definition) is 8. The van der Waals surface area contributed by atoms with Gasteiger partial charge < -0.3 is 15.7 Å². The Labute approximate surface area is 159 Å². The Hall–Kier alpha value is -3.66. The van der Waals surface area contributed by atoms with E-state index in [1.54, 1.807) is 37.4 Å². The Morgan fingerprint density at radius 2 is 2.04 bits per heavy atom. The van der Waals surface area contributed by atoms with Crippen LogP contribution in [0.15, 0.2) is 48.7 Å². The van der Waals surface area contributed by atoms with Gasteiger partial charge in [0, 0.05) is 18.3 Å². The summed E-state index contributed by atoms with van der Waals surface area (Å²) >= 11 is 0. The van der Waals surface area contributed by atoms with Crippen LogP contribution in [0.25, 0.3) is 11.4 Å². The van der Waals surface area contributed by atoms with Crippen molar-refractivity contribution in [3.8, 4) is 11.4 Å². The molecule has 2 heterocycles. The van der Waals surface area contributed by atoms with Crippen molar-refractivity contribution >= 4 is 23.1 Å². The fourth-order valence-electron chi connectivity index (χ4n) is 2.39. The molecule has 0 spiro atoms. The maximum atomic E-state index is 13.4. The van der Waals surface area contributed by atoms with E-state index >= 15 is 0 Å². The molecule has 0 aliphatic rings. The lowest BCUT2D eigenvalue weighted by atomic mass is 10.2. The van der Waals surface area contributed by atoms with E-state index in [0.29, 0.717) is 11.4 Å². The van der Waals surface area contributed by atoms with E-state index in [1.807, 2.05) is 0 Å². The summed E-state index contributed by atoms with van der Waals surface area (Å²) in [6.07, 6.45) is 1.61. The second-order valence-electron chi connectivity index (χ2n) is 5.95. The standard InChI is InChI=1S/C18H17FN6O3/c1-11(10-26)21-18-23-15(13-4-2-3-7-20-13)9-17(24-18)22-14-6-5-12(19)8-16(14)25(27)28/h2-9,11,26H,10H2,1H3,(H2,21,22,23,24)/t11-/m0/s1. The normalized spacial score (nSPS) is 11.7. The Bertz CT molecular complexity index is 986. The topological polar surface area (TPSA) is 126 Å². The molecule has 1 atom stereocenters. The molecular formula is C18H17FN6O3. The van der Waals surface area contributed by atoms with Crippen molar-refractivity contribution in [3.05, 3.63) is 64.6 Å². The van der Waals surface area contributed by atoms with Crippen molar-refractivity contribution in [1.82, 2.24) is 15.0 Å². The molecule has 9 nitrogen and oxygen atoms in total. The number of aliphatic hydroxyl groups excluding tert-OH is 1. The number of halogens is 1. The van der Waals surface area contributed by atoms with Crippen LogP contribution in [0.5, 0.6) is 0 Å². The quantitative estimate of drug-likeness (QED) is 0.419. The van der Waals surface area contributed by atoms with E-state index in [2.05, 4.69) is 25.6 Å². The van der Waals surface area contributed by atoms with E-state index in [4.69, 9.17) is 0 Å². The van der Waals surface area contributed by atoms with Gasteiger partial charge >= 0.3 is 0 Å². The van der Waals surface area contributed by atoms with Crippen molar-refractivity contribution in [2.75, 3.05) is 17.2 Å². The molecule has 2 aromatic heterocycles. The molecule has 3 N–H and O–H groups in total. The number of aromatic nitrogens is 3. The first-order valence-corrected chi connectivity index (χ1v) is 8.35. The number of hydrogen-bond donors (Lipinski definition) is 3. The predicted molar refractivity (Wildman–Crippen MR) is 102 cm³/mol. The minimum absolute atomic E-state index is 0.0817. The fourth-order valence-corrected chi connectivity index (χ4v) is 2.39. The molecule has 0 bridgehead atoms. The zero-order valence-electron chi connectivity index (χ0n) is 14.8. The van der Waals surface area contributed by atoms with Crippen molar-refractivity contribution in [2.45, 2.75) is 13.0 Å². The molecule has 0 saturated heterocycles. The third-order valence-electron chi connectivity index (χ3n) is 3.72. The number of nitro benzene ring substituents is 1. The average Bonchev–Trinajstić information content (AvgIpc) is 2.69. The molecule has 0 amide bonds. The van der Waals surface area contributed by atoms with Crippen molar-refractivity contribution < 1.29 is 14.4 Å². The first kappa shape index (κ1) is 19.1. The van der Waals surface area contributed by atoms with Gasteiger partial charge in [-0.15, -0.1) is 0 Å². The summed E-state index contributed by atoms with van der Waals surface area (Å²) in [6, 6.07) is 9.78. The zero-order valence-corrected chi connectivity index (χ0v) is 14.8. The molecule has 0 aliphatic carbocycles. The van der Waals surface area contributed by atoms with Gasteiger partial charge in [-0.05, 0) is 31.2 Å². The SMILES string of the molecule is C[C@@H](CO)Nc1nc(Nc2ccc(F)cc2[N+](=O)[O-])cc(-c2ccccn2)n1. The maximum absolute atomic E-state index is 13.4. The smallest absolute Gasteiger partial charge is 0.295 e. The van der Waals surface area contributed by atoms with Gasteiger partial charge in [0.25, 0.3) is 5.69 Å². The average molecular weight is 384 g/mol. The van der Waals surface area contributed by atoms with Crippen LogP contribution in [0.1, 0.15) is 6.92 Å². The lowest BCUT2D eigenvalue weighted by Gasteiger charge is -2.14. The summed E-state index contributed by atoms with van der Waals surface area (Å²) in [5.41, 5.74) is 0.700. The van der Waals surface area contributed by atoms with Crippen LogP contribution in [0, 0.1) is 15.9 Å². The molecular weight excluding hydrogens is 367 g/mol. The lowest BCUT2D eigenvalue weighted by Crippen LogP contribution is -2.21. The molecule has 28 heavy (non-hydrogen) atoms. The molecule has 0 aliphatic heterocycles. The Morgan fingerprint density at radius 3 is 2.71 bits per heavy atom. The van der Waals surface area contributed by atoms with Crippen LogP contribution in [0.2, 0.25) is 0 Å². The first-order chi connectivity index (χ1) is 13.5. The minimum atomic E-state index is -0.715. The number of rotatable bonds is 7. The van der Waals surface area contributed by atoms with E-state index in [1.165, 1.54) is 6.07 Å². The second-order valence-corrected chi connectivity index (χ2v) is 5.95. The highest BCUT2D eigenvalue weighted by atomic mass is 19.1. The van der Waals surface area contributed by atoms with Crippen LogP contribution >= 0.6 is 0 Å². The predicted octanol–water partition coefficient (Wildman–Crippen LogP) is 3.12. The molecule has 0 radical (unpaired) electrons. The largest absolute Gasteiger partial charge is 0.394 e. The second kappa shape index (κ2) is 8.35. The summed E-state index contributed by atoms with van der Waals surface area (Å²) in [5.74, 6) is -0.261. The summed E-state index contributed by atoms with van der Waals surface area (Å²) in [5, 5.41) is 26.2. The molecule has 3 aromatic rings. The molecule has 0 saturated carbocycles. The van der Waals surface area contributed by atoms with E-state index in [-0.39, 0.29) is 30.1 Å². The van der Waals surface area contributed by atoms with Gasteiger partial charge in [-0.25, -0.2) is 9.37 Å².